The molecule has 1 aliphatic rings. The summed E-state index contributed by atoms with van der Waals surface area (Å²) < 4.78 is 10.5. The van der Waals surface area contributed by atoms with Gasteiger partial charge in [-0.15, -0.1) is 0 Å². The van der Waals surface area contributed by atoms with E-state index in [4.69, 9.17) is 9.47 Å². The molecule has 0 bridgehead atoms. The van der Waals surface area contributed by atoms with Crippen molar-refractivity contribution in [2.45, 2.75) is 77.7 Å². The van der Waals surface area contributed by atoms with Gasteiger partial charge in [-0.05, 0) is 45.6 Å². The van der Waals surface area contributed by atoms with Gasteiger partial charge in [0, 0.05) is 6.54 Å². The van der Waals surface area contributed by atoms with Crippen LogP contribution in [0.25, 0.3) is 0 Å². The van der Waals surface area contributed by atoms with Crippen LogP contribution in [-0.2, 0) is 19.1 Å². The number of nitrogens with one attached hydrogen (secondary N) is 2. The Kier molecular flexibility index (Phi) is 8.66. The number of nitrogens with zero attached hydrogens (tertiary/aromatic N) is 1. The summed E-state index contributed by atoms with van der Waals surface area (Å²) >= 11 is 0. The molecule has 1 saturated heterocycles. The van der Waals surface area contributed by atoms with Crippen molar-refractivity contribution < 1.29 is 23.9 Å². The Morgan fingerprint density at radius 3 is 2.34 bits per heavy atom. The van der Waals surface area contributed by atoms with Gasteiger partial charge in [0.25, 0.3) is 0 Å². The molecule has 0 aromatic heterocycles. The molecule has 1 aliphatic heterocycles. The molecule has 0 saturated carbocycles. The molecule has 1 heterocycles. The molecular weight excluding hydrogens is 410 g/mol. The van der Waals surface area contributed by atoms with Crippen LogP contribution in [0.4, 0.5) is 4.79 Å². The minimum atomic E-state index is -0.756. The molecule has 0 unspecified atom stereocenters. The van der Waals surface area contributed by atoms with E-state index < -0.39 is 35.8 Å². The zero-order valence-corrected chi connectivity index (χ0v) is 20.2. The number of carbonyl (C=O) groups is 3. The van der Waals surface area contributed by atoms with Gasteiger partial charge >= 0.3 is 12.1 Å². The normalized spacial score (nSPS) is 22.2. The molecule has 0 aliphatic carbocycles. The maximum Gasteiger partial charge on any atom is 0.410 e. The number of ether oxygens (including phenoxy) is 2. The van der Waals surface area contributed by atoms with Gasteiger partial charge in [0.1, 0.15) is 17.7 Å². The van der Waals surface area contributed by atoms with Crippen LogP contribution in [0.1, 0.15) is 59.6 Å². The topological polar surface area (TPSA) is 97.0 Å². The Hall–Kier alpha value is -2.61. The molecule has 8 nitrogen and oxygen atoms in total. The second kappa shape index (κ2) is 10.8. The Morgan fingerprint density at radius 1 is 1.19 bits per heavy atom. The maximum atomic E-state index is 13.3. The number of esters is 1. The molecule has 2 amide bonds. The molecule has 8 heteroatoms. The molecular formula is C24H37N3O5. The minimum Gasteiger partial charge on any atom is -0.467 e. The van der Waals surface area contributed by atoms with Gasteiger partial charge in [0.15, 0.2) is 0 Å². The predicted octanol–water partition coefficient (Wildman–Crippen LogP) is 3.03. The second-order valence-corrected chi connectivity index (χ2v) is 9.69. The lowest BCUT2D eigenvalue weighted by atomic mass is 9.96. The fourth-order valence-electron chi connectivity index (χ4n) is 3.78. The lowest BCUT2D eigenvalue weighted by Gasteiger charge is -2.44. The highest BCUT2D eigenvalue weighted by Crippen LogP contribution is 2.25. The highest BCUT2D eigenvalue weighted by atomic mass is 16.6. The highest BCUT2D eigenvalue weighted by molar-refractivity contribution is 5.88. The molecule has 1 fully saturated rings. The lowest BCUT2D eigenvalue weighted by molar-refractivity contribution is -0.146. The number of carbonyl (C=O) groups excluding carboxylic acids is 3. The van der Waals surface area contributed by atoms with E-state index in [0.717, 1.165) is 5.56 Å². The van der Waals surface area contributed by atoms with Gasteiger partial charge in [-0.3, -0.25) is 10.1 Å². The smallest absolute Gasteiger partial charge is 0.410 e. The number of rotatable bonds is 6. The number of benzene rings is 1. The summed E-state index contributed by atoms with van der Waals surface area (Å²) in [7, 11) is 1.30. The fourth-order valence-corrected chi connectivity index (χ4v) is 3.78. The van der Waals surface area contributed by atoms with Crippen molar-refractivity contribution in [3.63, 3.8) is 0 Å². The van der Waals surface area contributed by atoms with Gasteiger partial charge in [0.05, 0.1) is 19.2 Å². The molecule has 4 atom stereocenters. The van der Waals surface area contributed by atoms with E-state index >= 15 is 0 Å². The van der Waals surface area contributed by atoms with E-state index in [1.54, 1.807) is 11.8 Å². The maximum absolute atomic E-state index is 13.3. The predicted molar refractivity (Wildman–Crippen MR) is 122 cm³/mol. The average molecular weight is 448 g/mol. The first-order valence-electron chi connectivity index (χ1n) is 11.1. The Balaban J connectivity index is 2.30. The monoisotopic (exact) mass is 447 g/mol. The lowest BCUT2D eigenvalue weighted by Crippen LogP contribution is -2.65. The Morgan fingerprint density at radius 2 is 1.81 bits per heavy atom. The summed E-state index contributed by atoms with van der Waals surface area (Å²) in [6.07, 6.45) is -0.0193. The zero-order chi connectivity index (χ0) is 24.1. The minimum absolute atomic E-state index is 0.187. The molecule has 1 aromatic carbocycles. The summed E-state index contributed by atoms with van der Waals surface area (Å²) in [5.41, 5.74) is 0.298. The summed E-state index contributed by atoms with van der Waals surface area (Å²) in [6.45, 7) is 11.5. The van der Waals surface area contributed by atoms with Crippen LogP contribution in [0.15, 0.2) is 30.3 Å². The molecule has 2 N–H and O–H groups in total. The second-order valence-electron chi connectivity index (χ2n) is 9.69. The van der Waals surface area contributed by atoms with E-state index in [9.17, 15) is 14.4 Å². The first kappa shape index (κ1) is 25.6. The van der Waals surface area contributed by atoms with E-state index in [-0.39, 0.29) is 17.9 Å². The van der Waals surface area contributed by atoms with Crippen molar-refractivity contribution >= 4 is 18.0 Å². The van der Waals surface area contributed by atoms with Gasteiger partial charge in [-0.2, -0.15) is 0 Å². The largest absolute Gasteiger partial charge is 0.467 e. The Labute approximate surface area is 191 Å². The number of hydrogen-bond acceptors (Lipinski definition) is 6. The van der Waals surface area contributed by atoms with Crippen molar-refractivity contribution in [1.29, 1.82) is 0 Å². The van der Waals surface area contributed by atoms with E-state index in [1.807, 2.05) is 65.0 Å². The third kappa shape index (κ3) is 6.95. The summed E-state index contributed by atoms with van der Waals surface area (Å²) in [4.78, 5) is 40.1. The highest BCUT2D eigenvalue weighted by Gasteiger charge is 2.42. The van der Waals surface area contributed by atoms with Gasteiger partial charge in [0.2, 0.25) is 5.91 Å². The Bertz CT molecular complexity index is 791. The number of methoxy groups -OCH3 is 1. The standard InChI is InChI=1S/C24H37N3O5/c1-15(2)13-18(22(29)31-7)26-21(28)20-16(3)27(23(30)32-24(4,5)6)14-19(25-20)17-11-9-8-10-12-17/h8-12,15-16,18-20,25H,13-14H2,1-7H3,(H,26,28)/t16-,18-,19+,20+/m0/s1. The quantitative estimate of drug-likeness (QED) is 0.651. The van der Waals surface area contributed by atoms with Gasteiger partial charge in [-0.25, -0.2) is 9.59 Å². The first-order chi connectivity index (χ1) is 14.9. The van der Waals surface area contributed by atoms with Crippen molar-refractivity contribution in [2.24, 2.45) is 5.92 Å². The molecule has 1 aromatic rings. The summed E-state index contributed by atoms with van der Waals surface area (Å²) in [5, 5.41) is 6.19. The molecule has 0 radical (unpaired) electrons. The zero-order valence-electron chi connectivity index (χ0n) is 20.2. The van der Waals surface area contributed by atoms with Gasteiger partial charge < -0.3 is 19.7 Å². The number of amides is 2. The van der Waals surface area contributed by atoms with Crippen LogP contribution in [0.2, 0.25) is 0 Å². The molecule has 0 spiro atoms. The third-order valence-electron chi connectivity index (χ3n) is 5.36. The molecule has 2 rings (SSSR count). The molecule has 32 heavy (non-hydrogen) atoms. The van der Waals surface area contributed by atoms with Crippen molar-refractivity contribution in [2.75, 3.05) is 13.7 Å². The average Bonchev–Trinajstić information content (AvgIpc) is 2.71. The number of hydrogen-bond donors (Lipinski definition) is 2. The first-order valence-corrected chi connectivity index (χ1v) is 11.1. The van der Waals surface area contributed by atoms with E-state index in [1.165, 1.54) is 7.11 Å². The van der Waals surface area contributed by atoms with Crippen LogP contribution >= 0.6 is 0 Å². The summed E-state index contributed by atoms with van der Waals surface area (Å²) in [6, 6.07) is 7.40. The van der Waals surface area contributed by atoms with Crippen LogP contribution in [0, 0.1) is 5.92 Å². The van der Waals surface area contributed by atoms with Gasteiger partial charge in [-0.1, -0.05) is 44.2 Å². The van der Waals surface area contributed by atoms with E-state index in [0.29, 0.717) is 13.0 Å². The van der Waals surface area contributed by atoms with Crippen molar-refractivity contribution in [3.8, 4) is 0 Å². The van der Waals surface area contributed by atoms with E-state index in [2.05, 4.69) is 10.6 Å². The number of piperazine rings is 1. The fraction of sp³-hybridized carbons (Fsp3) is 0.625. The van der Waals surface area contributed by atoms with Crippen molar-refractivity contribution in [3.05, 3.63) is 35.9 Å². The summed E-state index contributed by atoms with van der Waals surface area (Å²) in [5.74, 6) is -0.659. The SMILES string of the molecule is COC(=O)[C@H](CC(C)C)NC(=O)[C@@H]1N[C@@H](c2ccccc2)CN(C(=O)OC(C)(C)C)[C@H]1C. The van der Waals surface area contributed by atoms with Crippen molar-refractivity contribution in [1.82, 2.24) is 15.5 Å². The third-order valence-corrected chi connectivity index (χ3v) is 5.36. The molecule has 178 valence electrons. The van der Waals surface area contributed by atoms with Crippen LogP contribution in [-0.4, -0.2) is 60.3 Å². The van der Waals surface area contributed by atoms with Crippen LogP contribution in [0.5, 0.6) is 0 Å². The van der Waals surface area contributed by atoms with Crippen LogP contribution in [0.3, 0.4) is 0 Å². The van der Waals surface area contributed by atoms with Crippen LogP contribution < -0.4 is 10.6 Å².